The standard InChI is InChI=1S/C24H25NO7/c1-24(2)31-22-21(29-15-16-9-4-3-5-10-16)20(30-23(22)32-24)19(26)14-8-12-17-11-6-7-13-18(17)25(27)28/h3-7,9-11,13,19-23,26H,14-15H2,1-2H3/t19-,20-,21+,22-,23-/m1/s1. The molecule has 2 aromatic carbocycles. The average molecular weight is 439 g/mol. The zero-order valence-corrected chi connectivity index (χ0v) is 17.8. The SMILES string of the molecule is CC1(C)O[C@H]2O[C@H]([C@H](O)CC#Cc3ccccc3[N+](=O)[O-])[C@H](OCc3ccccc3)[C@H]2O1. The molecule has 0 radical (unpaired) electrons. The molecule has 2 aliphatic heterocycles. The Labute approximate surface area is 186 Å². The number of nitro benzene ring substituents is 1. The minimum atomic E-state index is -0.994. The number of fused-ring (bicyclic) bond motifs is 1. The molecule has 0 unspecified atom stereocenters. The molecule has 2 heterocycles. The van der Waals surface area contributed by atoms with E-state index >= 15 is 0 Å². The summed E-state index contributed by atoms with van der Waals surface area (Å²) in [5, 5.41) is 22.0. The Hall–Kier alpha value is -2.80. The van der Waals surface area contributed by atoms with Crippen LogP contribution >= 0.6 is 0 Å². The molecular formula is C24H25NO7. The number of hydrogen-bond donors (Lipinski definition) is 1. The molecular weight excluding hydrogens is 414 g/mol. The predicted octanol–water partition coefficient (Wildman–Crippen LogP) is 3.16. The van der Waals surface area contributed by atoms with Gasteiger partial charge in [-0.15, -0.1) is 0 Å². The van der Waals surface area contributed by atoms with Gasteiger partial charge in [0.15, 0.2) is 12.1 Å². The predicted molar refractivity (Wildman–Crippen MR) is 114 cm³/mol. The van der Waals surface area contributed by atoms with E-state index in [9.17, 15) is 15.2 Å². The number of benzene rings is 2. The number of rotatable bonds is 6. The van der Waals surface area contributed by atoms with E-state index in [1.54, 1.807) is 32.0 Å². The summed E-state index contributed by atoms with van der Waals surface area (Å²) in [5.41, 5.74) is 1.20. The van der Waals surface area contributed by atoms with Crippen LogP contribution in [0.5, 0.6) is 0 Å². The van der Waals surface area contributed by atoms with Crippen molar-refractivity contribution in [2.75, 3.05) is 0 Å². The van der Waals surface area contributed by atoms with Crippen LogP contribution in [-0.4, -0.2) is 46.5 Å². The second-order valence-corrected chi connectivity index (χ2v) is 8.18. The Morgan fingerprint density at radius 2 is 1.88 bits per heavy atom. The lowest BCUT2D eigenvalue weighted by Gasteiger charge is -2.28. The topological polar surface area (TPSA) is 100 Å². The largest absolute Gasteiger partial charge is 0.389 e. The van der Waals surface area contributed by atoms with Crippen LogP contribution in [0.1, 0.15) is 31.4 Å². The van der Waals surface area contributed by atoms with Gasteiger partial charge < -0.3 is 24.1 Å². The Morgan fingerprint density at radius 3 is 2.62 bits per heavy atom. The van der Waals surface area contributed by atoms with Gasteiger partial charge in [0.05, 0.1) is 17.6 Å². The highest BCUT2D eigenvalue weighted by atomic mass is 16.8. The second kappa shape index (κ2) is 9.36. The first-order chi connectivity index (χ1) is 15.3. The molecule has 0 aliphatic carbocycles. The van der Waals surface area contributed by atoms with Gasteiger partial charge in [-0.25, -0.2) is 0 Å². The highest BCUT2D eigenvalue weighted by Crippen LogP contribution is 2.40. The summed E-state index contributed by atoms with van der Waals surface area (Å²) in [6.07, 6.45) is -3.38. The van der Waals surface area contributed by atoms with Gasteiger partial charge in [-0.3, -0.25) is 10.1 Å². The number of nitro groups is 1. The fraction of sp³-hybridized carbons (Fsp3) is 0.417. The maximum Gasteiger partial charge on any atom is 0.284 e. The van der Waals surface area contributed by atoms with E-state index in [0.29, 0.717) is 12.2 Å². The van der Waals surface area contributed by atoms with Crippen LogP contribution in [-0.2, 0) is 25.6 Å². The molecule has 4 rings (SSSR count). The third-order valence-electron chi connectivity index (χ3n) is 5.33. The molecule has 0 amide bonds. The Balaban J connectivity index is 1.47. The summed E-state index contributed by atoms with van der Waals surface area (Å²) in [6, 6.07) is 15.9. The summed E-state index contributed by atoms with van der Waals surface area (Å²) < 4.78 is 23.8. The normalized spacial score (nSPS) is 26.7. The molecule has 2 fully saturated rings. The van der Waals surface area contributed by atoms with E-state index in [2.05, 4.69) is 11.8 Å². The highest BCUT2D eigenvalue weighted by Gasteiger charge is 2.56. The van der Waals surface area contributed by atoms with Crippen molar-refractivity contribution in [3.8, 4) is 11.8 Å². The van der Waals surface area contributed by atoms with Crippen molar-refractivity contribution in [2.24, 2.45) is 0 Å². The fourth-order valence-electron chi connectivity index (χ4n) is 3.88. The second-order valence-electron chi connectivity index (χ2n) is 8.18. The van der Waals surface area contributed by atoms with Crippen molar-refractivity contribution in [1.29, 1.82) is 0 Å². The molecule has 0 aromatic heterocycles. The molecule has 168 valence electrons. The van der Waals surface area contributed by atoms with Gasteiger partial charge in [-0.2, -0.15) is 0 Å². The van der Waals surface area contributed by atoms with E-state index in [4.69, 9.17) is 18.9 Å². The first kappa shape index (κ1) is 22.4. The number of hydrogen-bond acceptors (Lipinski definition) is 7. The first-order valence-corrected chi connectivity index (χ1v) is 10.4. The maximum atomic E-state index is 11.1. The van der Waals surface area contributed by atoms with Crippen molar-refractivity contribution in [2.45, 2.75) is 63.4 Å². The van der Waals surface area contributed by atoms with E-state index in [1.165, 1.54) is 6.07 Å². The Bertz CT molecular complexity index is 1010. The number of aliphatic hydroxyl groups excluding tert-OH is 1. The van der Waals surface area contributed by atoms with Crippen LogP contribution in [0.4, 0.5) is 5.69 Å². The monoisotopic (exact) mass is 439 g/mol. The summed E-state index contributed by atoms with van der Waals surface area (Å²) in [5.74, 6) is 4.79. The average Bonchev–Trinajstić information content (AvgIpc) is 3.24. The Morgan fingerprint density at radius 1 is 1.16 bits per heavy atom. The van der Waals surface area contributed by atoms with Crippen molar-refractivity contribution in [1.82, 2.24) is 0 Å². The van der Waals surface area contributed by atoms with Crippen molar-refractivity contribution < 1.29 is 29.0 Å². The van der Waals surface area contributed by atoms with Gasteiger partial charge >= 0.3 is 0 Å². The Kier molecular flexibility index (Phi) is 6.55. The molecule has 5 atom stereocenters. The lowest BCUT2D eigenvalue weighted by Crippen LogP contribution is -2.42. The van der Waals surface area contributed by atoms with Crippen LogP contribution in [0.2, 0.25) is 0 Å². The molecule has 2 saturated heterocycles. The molecule has 1 N–H and O–H groups in total. The molecule has 8 heteroatoms. The number of para-hydroxylation sites is 1. The van der Waals surface area contributed by atoms with E-state index in [1.807, 2.05) is 30.3 Å². The molecule has 2 aromatic rings. The van der Waals surface area contributed by atoms with Gasteiger partial charge in [-0.05, 0) is 25.5 Å². The number of nitrogens with zero attached hydrogens (tertiary/aromatic N) is 1. The van der Waals surface area contributed by atoms with Crippen LogP contribution in [0.3, 0.4) is 0 Å². The smallest absolute Gasteiger partial charge is 0.284 e. The summed E-state index contributed by atoms with van der Waals surface area (Å²) in [7, 11) is 0. The van der Waals surface area contributed by atoms with Crippen LogP contribution < -0.4 is 0 Å². The quantitative estimate of drug-likeness (QED) is 0.419. The fourth-order valence-corrected chi connectivity index (χ4v) is 3.88. The highest BCUT2D eigenvalue weighted by molar-refractivity contribution is 5.50. The molecule has 0 bridgehead atoms. The van der Waals surface area contributed by atoms with Crippen molar-refractivity contribution in [3.63, 3.8) is 0 Å². The van der Waals surface area contributed by atoms with Crippen LogP contribution in [0.25, 0.3) is 0 Å². The molecule has 0 spiro atoms. The van der Waals surface area contributed by atoms with E-state index in [0.717, 1.165) is 5.56 Å². The van der Waals surface area contributed by atoms with Crippen LogP contribution in [0.15, 0.2) is 54.6 Å². The van der Waals surface area contributed by atoms with Crippen molar-refractivity contribution in [3.05, 3.63) is 75.8 Å². The van der Waals surface area contributed by atoms with E-state index in [-0.39, 0.29) is 12.1 Å². The van der Waals surface area contributed by atoms with Gasteiger partial charge in [-0.1, -0.05) is 54.3 Å². The zero-order chi connectivity index (χ0) is 22.7. The lowest BCUT2D eigenvalue weighted by molar-refractivity contribution is -0.385. The summed E-state index contributed by atoms with van der Waals surface area (Å²) in [6.45, 7) is 3.92. The number of aliphatic hydroxyl groups is 1. The first-order valence-electron chi connectivity index (χ1n) is 10.4. The third-order valence-corrected chi connectivity index (χ3v) is 5.33. The minimum absolute atomic E-state index is 0.0464. The molecule has 8 nitrogen and oxygen atoms in total. The van der Waals surface area contributed by atoms with Crippen molar-refractivity contribution >= 4 is 5.69 Å². The van der Waals surface area contributed by atoms with Gasteiger partial charge in [0.2, 0.25) is 0 Å². The molecule has 0 saturated carbocycles. The third kappa shape index (κ3) is 4.99. The van der Waals surface area contributed by atoms with E-state index < -0.39 is 41.4 Å². The number of ether oxygens (including phenoxy) is 4. The molecule has 2 aliphatic rings. The van der Waals surface area contributed by atoms with Gasteiger partial charge in [0.1, 0.15) is 23.9 Å². The lowest BCUT2D eigenvalue weighted by atomic mass is 10.0. The molecule has 32 heavy (non-hydrogen) atoms. The zero-order valence-electron chi connectivity index (χ0n) is 17.8. The van der Waals surface area contributed by atoms with Crippen LogP contribution in [0, 0.1) is 22.0 Å². The maximum absolute atomic E-state index is 11.1. The van der Waals surface area contributed by atoms with Gasteiger partial charge in [0.25, 0.3) is 5.69 Å². The van der Waals surface area contributed by atoms with Gasteiger partial charge in [0, 0.05) is 12.5 Å². The summed E-state index contributed by atoms with van der Waals surface area (Å²) in [4.78, 5) is 10.7. The minimum Gasteiger partial charge on any atom is -0.389 e. The summed E-state index contributed by atoms with van der Waals surface area (Å²) >= 11 is 0.